The van der Waals surface area contributed by atoms with E-state index in [2.05, 4.69) is 33.5 Å². The van der Waals surface area contributed by atoms with E-state index in [1.54, 1.807) is 12.1 Å². The molecule has 5 heteroatoms. The van der Waals surface area contributed by atoms with Gasteiger partial charge in [-0.15, -0.1) is 0 Å². The molecule has 102 valence electrons. The van der Waals surface area contributed by atoms with E-state index in [0.717, 1.165) is 10.9 Å². The molecule has 0 bridgehead atoms. The van der Waals surface area contributed by atoms with Gasteiger partial charge < -0.3 is 10.6 Å². The van der Waals surface area contributed by atoms with E-state index in [1.165, 1.54) is 0 Å². The Hall–Kier alpha value is -1.36. The van der Waals surface area contributed by atoms with Crippen LogP contribution in [0.15, 0.2) is 28.7 Å². The van der Waals surface area contributed by atoms with Gasteiger partial charge in [0.1, 0.15) is 0 Å². The molecule has 1 aliphatic rings. The average molecular weight is 325 g/mol. The van der Waals surface area contributed by atoms with Crippen molar-refractivity contribution in [3.05, 3.63) is 34.3 Å². The van der Waals surface area contributed by atoms with Crippen LogP contribution in [0.1, 0.15) is 23.7 Å². The van der Waals surface area contributed by atoms with Crippen molar-refractivity contribution in [3.63, 3.8) is 0 Å². The number of nitrogens with one attached hydrogen (secondary N) is 2. The van der Waals surface area contributed by atoms with E-state index in [4.69, 9.17) is 0 Å². The zero-order chi connectivity index (χ0) is 13.8. The van der Waals surface area contributed by atoms with Gasteiger partial charge in [-0.05, 0) is 30.5 Å². The van der Waals surface area contributed by atoms with Gasteiger partial charge in [0, 0.05) is 29.0 Å². The van der Waals surface area contributed by atoms with Crippen molar-refractivity contribution in [1.82, 2.24) is 10.6 Å². The summed E-state index contributed by atoms with van der Waals surface area (Å²) >= 11 is 3.32. The van der Waals surface area contributed by atoms with Crippen LogP contribution in [0, 0.1) is 11.8 Å². The molecule has 2 atom stereocenters. The third kappa shape index (κ3) is 4.06. The predicted octanol–water partition coefficient (Wildman–Crippen LogP) is 1.95. The molecule has 1 saturated carbocycles. The highest BCUT2D eigenvalue weighted by Gasteiger charge is 2.38. The van der Waals surface area contributed by atoms with Gasteiger partial charge in [0.2, 0.25) is 5.91 Å². The molecule has 0 spiro atoms. The molecule has 1 aromatic rings. The molecular formula is C14H17BrN2O2. The highest BCUT2D eigenvalue weighted by molar-refractivity contribution is 9.10. The average Bonchev–Trinajstić information content (AvgIpc) is 3.11. The number of benzene rings is 1. The lowest BCUT2D eigenvalue weighted by molar-refractivity contribution is -0.122. The summed E-state index contributed by atoms with van der Waals surface area (Å²) in [6, 6.07) is 7.20. The van der Waals surface area contributed by atoms with Crippen LogP contribution in [0.3, 0.4) is 0 Å². The Labute approximate surface area is 121 Å². The van der Waals surface area contributed by atoms with Gasteiger partial charge in [-0.25, -0.2) is 0 Å². The molecule has 0 heterocycles. The highest BCUT2D eigenvalue weighted by Crippen LogP contribution is 2.37. The van der Waals surface area contributed by atoms with Crippen molar-refractivity contribution in [2.75, 3.05) is 13.1 Å². The van der Waals surface area contributed by atoms with Crippen LogP contribution in [-0.4, -0.2) is 24.9 Å². The Morgan fingerprint density at radius 2 is 2.00 bits per heavy atom. The van der Waals surface area contributed by atoms with Crippen LogP contribution >= 0.6 is 15.9 Å². The lowest BCUT2D eigenvalue weighted by Gasteiger charge is -2.07. The molecule has 0 aromatic heterocycles. The second-order valence-corrected chi connectivity index (χ2v) is 5.79. The summed E-state index contributed by atoms with van der Waals surface area (Å²) < 4.78 is 0.871. The lowest BCUT2D eigenvalue weighted by Crippen LogP contribution is -2.35. The first-order chi connectivity index (χ1) is 9.08. The molecule has 0 radical (unpaired) electrons. The van der Waals surface area contributed by atoms with E-state index in [9.17, 15) is 9.59 Å². The summed E-state index contributed by atoms with van der Waals surface area (Å²) in [5.74, 6) is 0.664. The van der Waals surface area contributed by atoms with Crippen molar-refractivity contribution >= 4 is 27.7 Å². The fourth-order valence-corrected chi connectivity index (χ4v) is 2.31. The molecule has 1 aliphatic carbocycles. The number of hydrogen-bond acceptors (Lipinski definition) is 2. The van der Waals surface area contributed by atoms with Gasteiger partial charge >= 0.3 is 0 Å². The number of carbonyl (C=O) groups excluding carboxylic acids is 2. The molecule has 19 heavy (non-hydrogen) atoms. The van der Waals surface area contributed by atoms with Crippen LogP contribution in [0.5, 0.6) is 0 Å². The first-order valence-corrected chi connectivity index (χ1v) is 7.18. The summed E-state index contributed by atoms with van der Waals surface area (Å²) in [5, 5.41) is 5.61. The SMILES string of the molecule is C[C@@H]1C[C@@H]1C(=O)NCCNC(=O)c1cccc(Br)c1. The third-order valence-electron chi connectivity index (χ3n) is 3.24. The van der Waals surface area contributed by atoms with E-state index >= 15 is 0 Å². The van der Waals surface area contributed by atoms with Crippen LogP contribution in [0.2, 0.25) is 0 Å². The summed E-state index contributed by atoms with van der Waals surface area (Å²) in [7, 11) is 0. The van der Waals surface area contributed by atoms with Gasteiger partial charge in [-0.1, -0.05) is 28.9 Å². The van der Waals surface area contributed by atoms with Crippen LogP contribution in [-0.2, 0) is 4.79 Å². The summed E-state index contributed by atoms with van der Waals surface area (Å²) in [5.41, 5.74) is 0.608. The van der Waals surface area contributed by atoms with Crippen molar-refractivity contribution in [1.29, 1.82) is 0 Å². The monoisotopic (exact) mass is 324 g/mol. The number of amides is 2. The van der Waals surface area contributed by atoms with Gasteiger partial charge in [-0.2, -0.15) is 0 Å². The van der Waals surface area contributed by atoms with Crippen molar-refractivity contribution in [2.45, 2.75) is 13.3 Å². The molecule has 2 amide bonds. The predicted molar refractivity (Wildman–Crippen MR) is 76.8 cm³/mol. The molecular weight excluding hydrogens is 308 g/mol. The molecule has 1 fully saturated rings. The van der Waals surface area contributed by atoms with Crippen molar-refractivity contribution < 1.29 is 9.59 Å². The molecule has 4 nitrogen and oxygen atoms in total. The fourth-order valence-electron chi connectivity index (χ4n) is 1.91. The van der Waals surface area contributed by atoms with E-state index in [1.807, 2.05) is 12.1 Å². The number of hydrogen-bond donors (Lipinski definition) is 2. The maximum Gasteiger partial charge on any atom is 0.251 e. The minimum atomic E-state index is -0.129. The third-order valence-corrected chi connectivity index (χ3v) is 3.74. The molecule has 0 unspecified atom stereocenters. The van der Waals surface area contributed by atoms with Crippen molar-refractivity contribution in [3.8, 4) is 0 Å². The standard InChI is InChI=1S/C14H17BrN2O2/c1-9-7-12(9)14(19)17-6-5-16-13(18)10-3-2-4-11(15)8-10/h2-4,8-9,12H,5-7H2,1H3,(H,16,18)(H,17,19)/t9-,12+/m1/s1. The van der Waals surface area contributed by atoms with Gasteiger partial charge in [0.15, 0.2) is 0 Å². The topological polar surface area (TPSA) is 58.2 Å². The second kappa shape index (κ2) is 6.19. The van der Waals surface area contributed by atoms with Crippen LogP contribution < -0.4 is 10.6 Å². The Bertz CT molecular complexity index is 490. The largest absolute Gasteiger partial charge is 0.354 e. The van der Waals surface area contributed by atoms with Gasteiger partial charge in [0.05, 0.1) is 0 Å². The Kier molecular flexibility index (Phi) is 4.58. The Balaban J connectivity index is 1.68. The molecule has 0 saturated heterocycles. The van der Waals surface area contributed by atoms with E-state index < -0.39 is 0 Å². The van der Waals surface area contributed by atoms with Gasteiger partial charge in [0.25, 0.3) is 5.91 Å². The quantitative estimate of drug-likeness (QED) is 0.813. The molecule has 2 rings (SSSR count). The normalized spacial score (nSPS) is 20.7. The number of halogens is 1. The maximum atomic E-state index is 11.8. The summed E-state index contributed by atoms with van der Waals surface area (Å²) in [6.07, 6.45) is 0.982. The Morgan fingerprint density at radius 1 is 1.32 bits per heavy atom. The van der Waals surface area contributed by atoms with Gasteiger partial charge in [-0.3, -0.25) is 9.59 Å². The zero-order valence-electron chi connectivity index (χ0n) is 10.8. The van der Waals surface area contributed by atoms with E-state index in [-0.39, 0.29) is 17.7 Å². The number of carbonyl (C=O) groups is 2. The van der Waals surface area contributed by atoms with E-state index in [0.29, 0.717) is 24.6 Å². The van der Waals surface area contributed by atoms with Crippen LogP contribution in [0.25, 0.3) is 0 Å². The molecule has 1 aromatic carbocycles. The van der Waals surface area contributed by atoms with Crippen LogP contribution in [0.4, 0.5) is 0 Å². The summed E-state index contributed by atoms with van der Waals surface area (Å²) in [6.45, 7) is 2.99. The maximum absolute atomic E-state index is 11.8. The zero-order valence-corrected chi connectivity index (χ0v) is 12.4. The first-order valence-electron chi connectivity index (χ1n) is 6.39. The highest BCUT2D eigenvalue weighted by atomic mass is 79.9. The summed E-state index contributed by atoms with van der Waals surface area (Å²) in [4.78, 5) is 23.3. The number of rotatable bonds is 5. The molecule has 2 N–H and O–H groups in total. The minimum Gasteiger partial charge on any atom is -0.354 e. The lowest BCUT2D eigenvalue weighted by atomic mass is 10.2. The van der Waals surface area contributed by atoms with Crippen molar-refractivity contribution in [2.24, 2.45) is 11.8 Å². The molecule has 0 aliphatic heterocycles. The smallest absolute Gasteiger partial charge is 0.251 e. The fraction of sp³-hybridized carbons (Fsp3) is 0.429. The first kappa shape index (κ1) is 14.1. The Morgan fingerprint density at radius 3 is 2.63 bits per heavy atom. The minimum absolute atomic E-state index is 0.101. The second-order valence-electron chi connectivity index (χ2n) is 4.88.